The van der Waals surface area contributed by atoms with Crippen LogP contribution in [0.1, 0.15) is 0 Å². The van der Waals surface area contributed by atoms with Crippen LogP contribution in [0.15, 0.2) is 18.3 Å². The van der Waals surface area contributed by atoms with Crippen molar-refractivity contribution in [3.8, 4) is 0 Å². The Morgan fingerprint density at radius 3 is 3.20 bits per heavy atom. The standard InChI is InChI=1S/C5H3N4O/c10-9-4-2-1-3-6-5(4)7-8-9/h1-3H/q-1. The lowest BCUT2D eigenvalue weighted by Gasteiger charge is -2.00. The minimum atomic E-state index is 0.387. The number of rotatable bonds is 0. The Balaban J connectivity index is 2.93. The van der Waals surface area contributed by atoms with Crippen LogP contribution in [0.2, 0.25) is 0 Å². The molecule has 0 fully saturated rings. The largest absolute Gasteiger partial charge is 0.789 e. The van der Waals surface area contributed by atoms with Crippen LogP contribution in [0.3, 0.4) is 0 Å². The minimum absolute atomic E-state index is 0.387. The maximum absolute atomic E-state index is 10.7. The van der Waals surface area contributed by atoms with Crippen LogP contribution in [-0.4, -0.2) is 20.1 Å². The first-order valence-electron chi connectivity index (χ1n) is 2.72. The van der Waals surface area contributed by atoms with Gasteiger partial charge in [-0.1, -0.05) is 5.21 Å². The highest BCUT2D eigenvalue weighted by molar-refractivity contribution is 5.69. The zero-order valence-corrected chi connectivity index (χ0v) is 4.93. The van der Waals surface area contributed by atoms with Gasteiger partial charge in [0, 0.05) is 6.20 Å². The molecule has 2 rings (SSSR count). The monoisotopic (exact) mass is 135 g/mol. The highest BCUT2D eigenvalue weighted by atomic mass is 16.5. The van der Waals surface area contributed by atoms with Crippen molar-refractivity contribution in [2.75, 3.05) is 0 Å². The Labute approximate surface area is 55.9 Å². The van der Waals surface area contributed by atoms with Gasteiger partial charge in [-0.15, -0.1) is 5.10 Å². The Bertz CT molecular complexity index is 355. The van der Waals surface area contributed by atoms with Crippen molar-refractivity contribution in [2.45, 2.75) is 0 Å². The Morgan fingerprint density at radius 2 is 2.40 bits per heavy atom. The van der Waals surface area contributed by atoms with Gasteiger partial charge < -0.3 is 5.21 Å². The molecule has 0 aromatic carbocycles. The summed E-state index contributed by atoms with van der Waals surface area (Å²) in [5.74, 6) is 0. The first-order chi connectivity index (χ1) is 4.88. The van der Waals surface area contributed by atoms with Crippen LogP contribution in [0, 0.1) is 5.21 Å². The summed E-state index contributed by atoms with van der Waals surface area (Å²) in [7, 11) is 0. The molecule has 0 aliphatic rings. The Morgan fingerprint density at radius 1 is 1.50 bits per heavy atom. The van der Waals surface area contributed by atoms with Gasteiger partial charge in [-0.3, -0.25) is 4.85 Å². The normalized spacial score (nSPS) is 10.4. The van der Waals surface area contributed by atoms with E-state index in [1.165, 1.54) is 0 Å². The quantitative estimate of drug-likeness (QED) is 0.516. The molecule has 0 amide bonds. The molecule has 0 radical (unpaired) electrons. The van der Waals surface area contributed by atoms with Crippen LogP contribution in [0.4, 0.5) is 0 Å². The van der Waals surface area contributed by atoms with E-state index in [2.05, 4.69) is 15.3 Å². The third-order valence-corrected chi connectivity index (χ3v) is 1.19. The molecule has 5 nitrogen and oxygen atoms in total. The summed E-state index contributed by atoms with van der Waals surface area (Å²) in [6.07, 6.45) is 1.57. The predicted molar refractivity (Wildman–Crippen MR) is 34.1 cm³/mol. The molecule has 0 aliphatic heterocycles. The summed E-state index contributed by atoms with van der Waals surface area (Å²) in [6, 6.07) is 3.29. The van der Waals surface area contributed by atoms with Crippen molar-refractivity contribution in [3.05, 3.63) is 23.5 Å². The summed E-state index contributed by atoms with van der Waals surface area (Å²) < 4.78 is 0. The van der Waals surface area contributed by atoms with Crippen molar-refractivity contribution in [3.63, 3.8) is 0 Å². The van der Waals surface area contributed by atoms with Gasteiger partial charge in [0.2, 0.25) is 5.65 Å². The SMILES string of the molecule is [O-]n1nnc2ncccc21. The first kappa shape index (κ1) is 5.16. The third-order valence-electron chi connectivity index (χ3n) is 1.19. The molecule has 0 spiro atoms. The van der Waals surface area contributed by atoms with Gasteiger partial charge in [-0.25, -0.2) is 4.98 Å². The molecule has 0 saturated heterocycles. The Hall–Kier alpha value is -1.65. The van der Waals surface area contributed by atoms with Gasteiger partial charge in [-0.2, -0.15) is 0 Å². The molecule has 0 bridgehead atoms. The van der Waals surface area contributed by atoms with Crippen LogP contribution < -0.4 is 0 Å². The molecule has 2 aromatic rings. The van der Waals surface area contributed by atoms with E-state index in [-0.39, 0.29) is 0 Å². The molecule has 0 unspecified atom stereocenters. The van der Waals surface area contributed by atoms with Gasteiger partial charge in [-0.05, 0) is 12.1 Å². The predicted octanol–water partition coefficient (Wildman–Crippen LogP) is 0.172. The number of aromatic nitrogens is 4. The second-order valence-corrected chi connectivity index (χ2v) is 1.81. The minimum Gasteiger partial charge on any atom is -0.789 e. The van der Waals surface area contributed by atoms with E-state index < -0.39 is 0 Å². The summed E-state index contributed by atoms with van der Waals surface area (Å²) in [5, 5.41) is 17.4. The van der Waals surface area contributed by atoms with Gasteiger partial charge in [0.25, 0.3) is 0 Å². The second kappa shape index (κ2) is 1.66. The number of nitrogens with zero attached hydrogens (tertiary/aromatic N) is 4. The highest BCUT2D eigenvalue weighted by Gasteiger charge is 1.95. The highest BCUT2D eigenvalue weighted by Crippen LogP contribution is 2.03. The van der Waals surface area contributed by atoms with Gasteiger partial charge in [0.05, 0.1) is 0 Å². The molecule has 2 heterocycles. The fourth-order valence-electron chi connectivity index (χ4n) is 0.746. The number of hydrogen-bond donors (Lipinski definition) is 0. The third kappa shape index (κ3) is 0.540. The lowest BCUT2D eigenvalue weighted by Crippen LogP contribution is -1.86. The molecule has 0 saturated carbocycles. The number of pyridine rings is 1. The molecule has 0 atom stereocenters. The summed E-state index contributed by atoms with van der Waals surface area (Å²) in [4.78, 5) is 4.25. The van der Waals surface area contributed by atoms with E-state index in [1.807, 2.05) is 0 Å². The average Bonchev–Trinajstić information content (AvgIpc) is 2.34. The van der Waals surface area contributed by atoms with Crippen molar-refractivity contribution in [1.82, 2.24) is 20.1 Å². The second-order valence-electron chi connectivity index (χ2n) is 1.81. The first-order valence-corrected chi connectivity index (χ1v) is 2.72. The van der Waals surface area contributed by atoms with E-state index in [0.717, 1.165) is 0 Å². The van der Waals surface area contributed by atoms with Gasteiger partial charge in [0.15, 0.2) is 0 Å². The van der Waals surface area contributed by atoms with Crippen LogP contribution in [-0.2, 0) is 0 Å². The molecular formula is C5H3N4O-. The molecule has 2 aromatic heterocycles. The van der Waals surface area contributed by atoms with E-state index in [0.29, 0.717) is 16.0 Å². The lowest BCUT2D eigenvalue weighted by atomic mass is 10.4. The van der Waals surface area contributed by atoms with E-state index in [1.54, 1.807) is 18.3 Å². The van der Waals surface area contributed by atoms with Crippen LogP contribution in [0.25, 0.3) is 11.2 Å². The fourth-order valence-corrected chi connectivity index (χ4v) is 0.746. The molecule has 5 heteroatoms. The van der Waals surface area contributed by atoms with Crippen molar-refractivity contribution in [1.29, 1.82) is 0 Å². The zero-order valence-electron chi connectivity index (χ0n) is 4.93. The van der Waals surface area contributed by atoms with E-state index >= 15 is 0 Å². The zero-order chi connectivity index (χ0) is 6.97. The van der Waals surface area contributed by atoms with Crippen LogP contribution in [0.5, 0.6) is 0 Å². The van der Waals surface area contributed by atoms with Gasteiger partial charge >= 0.3 is 0 Å². The Kier molecular flexibility index (Phi) is 0.858. The average molecular weight is 135 g/mol. The molecule has 0 N–H and O–H groups in total. The van der Waals surface area contributed by atoms with Crippen molar-refractivity contribution >= 4 is 11.2 Å². The van der Waals surface area contributed by atoms with E-state index in [4.69, 9.17) is 0 Å². The lowest BCUT2D eigenvalue weighted by molar-refractivity contribution is 0.827. The molecular weight excluding hydrogens is 132 g/mol. The topological polar surface area (TPSA) is 66.7 Å². The summed E-state index contributed by atoms with van der Waals surface area (Å²) >= 11 is 0. The van der Waals surface area contributed by atoms with Crippen molar-refractivity contribution < 1.29 is 0 Å². The smallest absolute Gasteiger partial charge is 0.201 e. The number of fused-ring (bicyclic) bond motifs is 1. The number of hydrogen-bond acceptors (Lipinski definition) is 4. The van der Waals surface area contributed by atoms with Crippen molar-refractivity contribution in [2.24, 2.45) is 0 Å². The maximum atomic E-state index is 10.7. The fraction of sp³-hybridized carbons (Fsp3) is 0. The van der Waals surface area contributed by atoms with Gasteiger partial charge in [0.1, 0.15) is 5.52 Å². The van der Waals surface area contributed by atoms with Crippen LogP contribution >= 0.6 is 0 Å². The summed E-state index contributed by atoms with van der Waals surface area (Å²) in [5.41, 5.74) is 0.792. The molecule has 50 valence electrons. The maximum Gasteiger partial charge on any atom is 0.201 e. The summed E-state index contributed by atoms with van der Waals surface area (Å²) in [6.45, 7) is 0. The molecule has 10 heavy (non-hydrogen) atoms. The van der Waals surface area contributed by atoms with E-state index in [9.17, 15) is 5.21 Å². The molecule has 0 aliphatic carbocycles.